The van der Waals surface area contributed by atoms with Crippen LogP contribution in [0.4, 0.5) is 0 Å². The van der Waals surface area contributed by atoms with Gasteiger partial charge in [-0.1, -0.05) is 6.08 Å². The predicted octanol–water partition coefficient (Wildman–Crippen LogP) is 2.27. The summed E-state index contributed by atoms with van der Waals surface area (Å²) in [6.07, 6.45) is 5.68. The number of hydrogen-bond donors (Lipinski definition) is 0. The Bertz CT molecular complexity index is 143. The number of thioether (sulfide) groups is 1. The first-order chi connectivity index (χ1) is 3.93. The summed E-state index contributed by atoms with van der Waals surface area (Å²) < 4.78 is 0. The first kappa shape index (κ1) is 5.71. The van der Waals surface area contributed by atoms with Gasteiger partial charge in [-0.15, -0.1) is 0 Å². The van der Waals surface area contributed by atoms with E-state index in [4.69, 9.17) is 5.26 Å². The molecule has 0 radical (unpaired) electrons. The number of nitriles is 1. The van der Waals surface area contributed by atoms with Gasteiger partial charge >= 0.3 is 0 Å². The summed E-state index contributed by atoms with van der Waals surface area (Å²) in [6.45, 7) is 0. The first-order valence-corrected chi connectivity index (χ1v) is 3.50. The normalized spacial score (nSPS) is 17.6. The van der Waals surface area contributed by atoms with Gasteiger partial charge in [0.25, 0.3) is 0 Å². The fraction of sp³-hybridized carbons (Fsp3) is 0.500. The van der Waals surface area contributed by atoms with Crippen molar-refractivity contribution in [2.75, 3.05) is 0 Å². The topological polar surface area (TPSA) is 23.8 Å². The summed E-state index contributed by atoms with van der Waals surface area (Å²) in [4.78, 5) is 1.26. The Kier molecular flexibility index (Phi) is 1.99. The minimum Gasteiger partial charge on any atom is -0.185 e. The van der Waals surface area contributed by atoms with Crippen LogP contribution in [0.2, 0.25) is 0 Å². The average molecular weight is 125 g/mol. The largest absolute Gasteiger partial charge is 0.185 e. The molecule has 8 heavy (non-hydrogen) atoms. The molecule has 0 amide bonds. The minimum absolute atomic E-state index is 1.12. The molecular formula is C6H7NS. The maximum absolute atomic E-state index is 8.20. The van der Waals surface area contributed by atoms with Gasteiger partial charge < -0.3 is 0 Å². The van der Waals surface area contributed by atoms with Crippen LogP contribution in [-0.2, 0) is 0 Å². The Balaban J connectivity index is 2.36. The molecule has 1 aliphatic carbocycles. The third-order valence-electron chi connectivity index (χ3n) is 1.18. The number of rotatable bonds is 1. The Morgan fingerprint density at radius 3 is 3.12 bits per heavy atom. The molecule has 0 aromatic rings. The molecule has 0 aromatic carbocycles. The van der Waals surface area contributed by atoms with Crippen LogP contribution < -0.4 is 0 Å². The Morgan fingerprint density at radius 1 is 1.75 bits per heavy atom. The summed E-state index contributed by atoms with van der Waals surface area (Å²) in [5.41, 5.74) is 0. The molecule has 0 fully saturated rings. The van der Waals surface area contributed by atoms with Gasteiger partial charge in [-0.3, -0.25) is 0 Å². The van der Waals surface area contributed by atoms with Gasteiger partial charge in [-0.25, -0.2) is 0 Å². The highest BCUT2D eigenvalue weighted by Crippen LogP contribution is 2.26. The number of thiocyanates is 1. The van der Waals surface area contributed by atoms with Crippen molar-refractivity contribution in [3.8, 4) is 5.40 Å². The highest BCUT2D eigenvalue weighted by molar-refractivity contribution is 8.07. The van der Waals surface area contributed by atoms with Crippen LogP contribution in [0.1, 0.15) is 19.3 Å². The van der Waals surface area contributed by atoms with E-state index >= 15 is 0 Å². The smallest absolute Gasteiger partial charge is 0.138 e. The van der Waals surface area contributed by atoms with E-state index in [1.54, 1.807) is 0 Å². The Labute approximate surface area is 53.4 Å². The van der Waals surface area contributed by atoms with Crippen molar-refractivity contribution < 1.29 is 0 Å². The van der Waals surface area contributed by atoms with Crippen LogP contribution in [0.3, 0.4) is 0 Å². The van der Waals surface area contributed by atoms with Crippen LogP contribution in [-0.4, -0.2) is 0 Å². The summed E-state index contributed by atoms with van der Waals surface area (Å²) in [7, 11) is 0. The highest BCUT2D eigenvalue weighted by atomic mass is 32.2. The number of allylic oxidation sites excluding steroid dienone is 2. The second-order valence-corrected chi connectivity index (χ2v) is 2.67. The van der Waals surface area contributed by atoms with Crippen molar-refractivity contribution in [3.05, 3.63) is 11.0 Å². The van der Waals surface area contributed by atoms with Crippen molar-refractivity contribution in [3.63, 3.8) is 0 Å². The van der Waals surface area contributed by atoms with Crippen molar-refractivity contribution in [1.29, 1.82) is 5.26 Å². The number of nitrogens with zero attached hydrogens (tertiary/aromatic N) is 1. The second-order valence-electron chi connectivity index (χ2n) is 1.76. The lowest BCUT2D eigenvalue weighted by Gasteiger charge is -1.85. The quantitative estimate of drug-likeness (QED) is 0.502. The molecule has 2 heteroatoms. The third-order valence-corrected chi connectivity index (χ3v) is 1.90. The molecule has 0 saturated carbocycles. The maximum atomic E-state index is 8.20. The fourth-order valence-corrected chi connectivity index (χ4v) is 1.36. The van der Waals surface area contributed by atoms with E-state index < -0.39 is 0 Å². The molecule has 0 unspecified atom stereocenters. The molecule has 0 spiro atoms. The summed E-state index contributed by atoms with van der Waals surface area (Å²) in [5.74, 6) is 0. The van der Waals surface area contributed by atoms with Crippen LogP contribution in [0.5, 0.6) is 0 Å². The molecule has 1 nitrogen and oxygen atoms in total. The molecule has 42 valence electrons. The van der Waals surface area contributed by atoms with Gasteiger partial charge in [-0.2, -0.15) is 5.26 Å². The first-order valence-electron chi connectivity index (χ1n) is 2.68. The van der Waals surface area contributed by atoms with E-state index in [2.05, 4.69) is 11.5 Å². The zero-order chi connectivity index (χ0) is 5.82. The molecular weight excluding hydrogens is 118 g/mol. The SMILES string of the molecule is N#CSC1=CCCC1. The van der Waals surface area contributed by atoms with Crippen LogP contribution >= 0.6 is 11.8 Å². The zero-order valence-electron chi connectivity index (χ0n) is 4.55. The lowest BCUT2D eigenvalue weighted by atomic mass is 10.4. The number of hydrogen-bond acceptors (Lipinski definition) is 2. The molecule has 0 saturated heterocycles. The van der Waals surface area contributed by atoms with E-state index in [-0.39, 0.29) is 0 Å². The van der Waals surface area contributed by atoms with Gasteiger partial charge in [0.1, 0.15) is 5.40 Å². The van der Waals surface area contributed by atoms with Crippen molar-refractivity contribution >= 4 is 11.8 Å². The van der Waals surface area contributed by atoms with Crippen molar-refractivity contribution in [1.82, 2.24) is 0 Å². The van der Waals surface area contributed by atoms with Gasteiger partial charge in [0.2, 0.25) is 0 Å². The standard InChI is InChI=1S/C6H7NS/c7-5-8-6-3-1-2-4-6/h3H,1-2,4H2. The molecule has 0 N–H and O–H groups in total. The fourth-order valence-electron chi connectivity index (χ4n) is 0.793. The molecule has 0 bridgehead atoms. The molecule has 0 heterocycles. The molecule has 1 rings (SSSR count). The van der Waals surface area contributed by atoms with Crippen molar-refractivity contribution in [2.24, 2.45) is 0 Å². The molecule has 0 aromatic heterocycles. The summed E-state index contributed by atoms with van der Waals surface area (Å²) >= 11 is 1.31. The molecule has 0 aliphatic heterocycles. The monoisotopic (exact) mass is 125 g/mol. The van der Waals surface area contributed by atoms with Gasteiger partial charge in [0, 0.05) is 0 Å². The average Bonchev–Trinajstić information content (AvgIpc) is 2.19. The van der Waals surface area contributed by atoms with Gasteiger partial charge in [0.05, 0.1) is 0 Å². The van der Waals surface area contributed by atoms with Gasteiger partial charge in [0.15, 0.2) is 0 Å². The van der Waals surface area contributed by atoms with E-state index in [9.17, 15) is 0 Å². The van der Waals surface area contributed by atoms with E-state index in [0.29, 0.717) is 0 Å². The van der Waals surface area contributed by atoms with E-state index in [1.807, 2.05) is 0 Å². The predicted molar refractivity (Wildman–Crippen MR) is 35.1 cm³/mol. The molecule has 1 aliphatic rings. The van der Waals surface area contributed by atoms with Crippen LogP contribution in [0.15, 0.2) is 11.0 Å². The van der Waals surface area contributed by atoms with Crippen LogP contribution in [0, 0.1) is 10.7 Å². The van der Waals surface area contributed by atoms with E-state index in [1.165, 1.54) is 29.5 Å². The second kappa shape index (κ2) is 2.78. The lowest BCUT2D eigenvalue weighted by molar-refractivity contribution is 0.925. The minimum atomic E-state index is 1.12. The maximum Gasteiger partial charge on any atom is 0.138 e. The van der Waals surface area contributed by atoms with Gasteiger partial charge in [-0.05, 0) is 35.9 Å². The zero-order valence-corrected chi connectivity index (χ0v) is 5.37. The molecule has 0 atom stereocenters. The summed E-state index contributed by atoms with van der Waals surface area (Å²) in [5, 5.41) is 10.3. The van der Waals surface area contributed by atoms with E-state index in [0.717, 1.165) is 6.42 Å². The Hall–Kier alpha value is -0.420. The van der Waals surface area contributed by atoms with Crippen molar-refractivity contribution in [2.45, 2.75) is 19.3 Å². The lowest BCUT2D eigenvalue weighted by Crippen LogP contribution is -1.62. The third kappa shape index (κ3) is 1.28. The summed E-state index contributed by atoms with van der Waals surface area (Å²) in [6, 6.07) is 0. The Morgan fingerprint density at radius 2 is 2.62 bits per heavy atom. The van der Waals surface area contributed by atoms with Crippen LogP contribution in [0.25, 0.3) is 0 Å². The highest BCUT2D eigenvalue weighted by Gasteiger charge is 2.02.